The van der Waals surface area contributed by atoms with Crippen molar-refractivity contribution in [3.05, 3.63) is 66.2 Å². The molecule has 4 aromatic rings. The molecule has 2 atom stereocenters. The maximum absolute atomic E-state index is 13.2. The minimum atomic E-state index is -0.00345. The second-order valence-corrected chi connectivity index (χ2v) is 11.8. The molecule has 0 saturated heterocycles. The van der Waals surface area contributed by atoms with E-state index in [9.17, 15) is 9.59 Å². The molecule has 2 aliphatic carbocycles. The zero-order valence-corrected chi connectivity index (χ0v) is 22.4. The molecule has 7 heteroatoms. The van der Waals surface area contributed by atoms with Gasteiger partial charge in [-0.25, -0.2) is 4.98 Å². The van der Waals surface area contributed by atoms with E-state index in [2.05, 4.69) is 63.4 Å². The van der Waals surface area contributed by atoms with Crippen LogP contribution >= 0.6 is 11.3 Å². The highest BCUT2D eigenvalue weighted by atomic mass is 32.1. The number of anilines is 2. The van der Waals surface area contributed by atoms with Crippen LogP contribution in [0.25, 0.3) is 21.0 Å². The Hall–Kier alpha value is -3.29. The number of nitrogens with one attached hydrogen (secondary N) is 3. The Kier molecular flexibility index (Phi) is 7.38. The number of thiazole rings is 1. The van der Waals surface area contributed by atoms with Gasteiger partial charge in [-0.1, -0.05) is 67.0 Å². The Morgan fingerprint density at radius 3 is 2.47 bits per heavy atom. The number of hydrogen-bond donors (Lipinski definition) is 3. The summed E-state index contributed by atoms with van der Waals surface area (Å²) >= 11 is 1.46. The highest BCUT2D eigenvalue weighted by molar-refractivity contribution is 7.22. The molecule has 3 aromatic carbocycles. The van der Waals surface area contributed by atoms with Gasteiger partial charge in [0.25, 0.3) is 0 Å². The quantitative estimate of drug-likeness (QED) is 0.246. The number of rotatable bonds is 7. The lowest BCUT2D eigenvalue weighted by molar-refractivity contribution is -0.121. The van der Waals surface area contributed by atoms with Crippen molar-refractivity contribution in [1.29, 1.82) is 0 Å². The number of amides is 2. The zero-order chi connectivity index (χ0) is 25.9. The summed E-state index contributed by atoms with van der Waals surface area (Å²) in [6, 6.07) is 21.2. The van der Waals surface area contributed by atoms with Gasteiger partial charge in [0.1, 0.15) is 0 Å². The molecule has 2 saturated carbocycles. The summed E-state index contributed by atoms with van der Waals surface area (Å²) in [5, 5.41) is 13.0. The molecule has 0 bridgehead atoms. The van der Waals surface area contributed by atoms with Crippen molar-refractivity contribution in [2.24, 2.45) is 11.8 Å². The third-order valence-corrected chi connectivity index (χ3v) is 9.00. The topological polar surface area (TPSA) is 83.1 Å². The first-order valence-electron chi connectivity index (χ1n) is 13.8. The number of carbonyl (C=O) groups excluding carboxylic acids is 2. The van der Waals surface area contributed by atoms with Crippen LogP contribution in [0.15, 0.2) is 60.7 Å². The number of nitrogens with zero attached hydrogens (tertiary/aromatic N) is 1. The standard InChI is InChI=1S/C31H34N4O2S/c36-29(22-7-2-3-8-22)35-31-34-27-15-14-26(18-28(27)38-31)33-30(37)24-10-5-11-25(17-24)32-19-20-12-13-21-6-1-4-9-23(21)16-20/h1,4,6,9,12-16,18,22,24-25,32H,2-3,5,7-8,10-11,17,19H2,(H,33,37)(H,34,35,36)/t24-,25+/m0/s1. The minimum Gasteiger partial charge on any atom is -0.326 e. The molecule has 6 nitrogen and oxygen atoms in total. The summed E-state index contributed by atoms with van der Waals surface area (Å²) in [6.07, 6.45) is 8.10. The molecule has 2 fully saturated rings. The van der Waals surface area contributed by atoms with Crippen LogP contribution in [0.2, 0.25) is 0 Å². The van der Waals surface area contributed by atoms with E-state index in [4.69, 9.17) is 0 Å². The normalized spacial score (nSPS) is 20.1. The zero-order valence-electron chi connectivity index (χ0n) is 21.5. The van der Waals surface area contributed by atoms with Crippen molar-refractivity contribution in [3.63, 3.8) is 0 Å². The predicted octanol–water partition coefficient (Wildman–Crippen LogP) is 6.87. The van der Waals surface area contributed by atoms with Crippen LogP contribution in [0.4, 0.5) is 10.8 Å². The molecule has 196 valence electrons. The number of hydrogen-bond acceptors (Lipinski definition) is 5. The van der Waals surface area contributed by atoms with Crippen LogP contribution in [0.3, 0.4) is 0 Å². The van der Waals surface area contributed by atoms with Gasteiger partial charge in [-0.05, 0) is 72.7 Å². The minimum absolute atomic E-state index is 0.00345. The Morgan fingerprint density at radius 1 is 0.816 bits per heavy atom. The molecular weight excluding hydrogens is 492 g/mol. The molecule has 0 radical (unpaired) electrons. The average Bonchev–Trinajstić information content (AvgIpc) is 3.62. The first-order valence-corrected chi connectivity index (χ1v) is 14.7. The molecule has 6 rings (SSSR count). The Bertz CT molecular complexity index is 1460. The van der Waals surface area contributed by atoms with Crippen molar-refractivity contribution < 1.29 is 9.59 Å². The lowest BCUT2D eigenvalue weighted by Crippen LogP contribution is -2.37. The molecule has 2 amide bonds. The number of benzene rings is 3. The van der Waals surface area contributed by atoms with Crippen molar-refractivity contribution in [2.45, 2.75) is 64.0 Å². The fraction of sp³-hybridized carbons (Fsp3) is 0.387. The van der Waals surface area contributed by atoms with Crippen LogP contribution in [0.5, 0.6) is 0 Å². The van der Waals surface area contributed by atoms with Crippen molar-refractivity contribution in [1.82, 2.24) is 10.3 Å². The van der Waals surface area contributed by atoms with Crippen LogP contribution < -0.4 is 16.0 Å². The van der Waals surface area contributed by atoms with E-state index in [0.717, 1.165) is 73.8 Å². The smallest absolute Gasteiger partial charge is 0.229 e. The van der Waals surface area contributed by atoms with Crippen molar-refractivity contribution >= 4 is 55.0 Å². The van der Waals surface area contributed by atoms with E-state index >= 15 is 0 Å². The Balaban J connectivity index is 1.04. The van der Waals surface area contributed by atoms with Gasteiger partial charge in [0.15, 0.2) is 5.13 Å². The van der Waals surface area contributed by atoms with Crippen LogP contribution in [-0.2, 0) is 16.1 Å². The molecule has 2 aliphatic rings. The third-order valence-electron chi connectivity index (χ3n) is 8.07. The fourth-order valence-corrected chi connectivity index (χ4v) is 6.83. The lowest BCUT2D eigenvalue weighted by atomic mass is 9.85. The number of aromatic nitrogens is 1. The number of carbonyl (C=O) groups is 2. The Labute approximate surface area is 227 Å². The predicted molar refractivity (Wildman–Crippen MR) is 155 cm³/mol. The molecule has 0 aliphatic heterocycles. The summed E-state index contributed by atoms with van der Waals surface area (Å²) in [5.41, 5.74) is 2.89. The summed E-state index contributed by atoms with van der Waals surface area (Å²) < 4.78 is 0.961. The van der Waals surface area contributed by atoms with Gasteiger partial charge in [-0.2, -0.15) is 0 Å². The SMILES string of the molecule is O=C(Nc1nc2ccc(NC(=O)[C@H]3CCC[C@@H](NCc4ccc5ccccc5c4)C3)cc2s1)C1CCCC1. The third kappa shape index (κ3) is 5.74. The van der Waals surface area contributed by atoms with E-state index < -0.39 is 0 Å². The van der Waals surface area contributed by atoms with Gasteiger partial charge in [0.05, 0.1) is 10.2 Å². The maximum atomic E-state index is 13.2. The molecule has 38 heavy (non-hydrogen) atoms. The van der Waals surface area contributed by atoms with Gasteiger partial charge in [-0.15, -0.1) is 0 Å². The van der Waals surface area contributed by atoms with Crippen LogP contribution in [-0.4, -0.2) is 22.8 Å². The van der Waals surface area contributed by atoms with E-state index in [-0.39, 0.29) is 23.7 Å². The van der Waals surface area contributed by atoms with Gasteiger partial charge in [0.2, 0.25) is 11.8 Å². The summed E-state index contributed by atoms with van der Waals surface area (Å²) in [7, 11) is 0. The monoisotopic (exact) mass is 526 g/mol. The first kappa shape index (κ1) is 25.0. The highest BCUT2D eigenvalue weighted by Crippen LogP contribution is 2.32. The van der Waals surface area contributed by atoms with Crippen LogP contribution in [0, 0.1) is 11.8 Å². The highest BCUT2D eigenvalue weighted by Gasteiger charge is 2.27. The average molecular weight is 527 g/mol. The molecule has 0 spiro atoms. The summed E-state index contributed by atoms with van der Waals surface area (Å²) in [5.74, 6) is 0.270. The van der Waals surface area contributed by atoms with Gasteiger partial charge >= 0.3 is 0 Å². The van der Waals surface area contributed by atoms with E-state index in [1.54, 1.807) is 0 Å². The maximum Gasteiger partial charge on any atom is 0.229 e. The fourth-order valence-electron chi connectivity index (χ4n) is 5.92. The van der Waals surface area contributed by atoms with Gasteiger partial charge in [0, 0.05) is 30.1 Å². The van der Waals surface area contributed by atoms with Crippen LogP contribution in [0.1, 0.15) is 56.9 Å². The van der Waals surface area contributed by atoms with E-state index in [0.29, 0.717) is 11.2 Å². The summed E-state index contributed by atoms with van der Waals surface area (Å²) in [4.78, 5) is 30.2. The number of fused-ring (bicyclic) bond motifs is 2. The first-order chi connectivity index (χ1) is 18.6. The molecule has 1 aromatic heterocycles. The second-order valence-electron chi connectivity index (χ2n) is 10.8. The van der Waals surface area contributed by atoms with Gasteiger partial charge < -0.3 is 16.0 Å². The van der Waals surface area contributed by atoms with Crippen molar-refractivity contribution in [2.75, 3.05) is 10.6 Å². The van der Waals surface area contributed by atoms with E-state index in [1.165, 1.54) is 27.7 Å². The lowest BCUT2D eigenvalue weighted by Gasteiger charge is -2.29. The van der Waals surface area contributed by atoms with E-state index in [1.807, 2.05) is 18.2 Å². The molecule has 1 heterocycles. The molecule has 0 unspecified atom stereocenters. The van der Waals surface area contributed by atoms with Gasteiger partial charge in [-0.3, -0.25) is 9.59 Å². The van der Waals surface area contributed by atoms with Crippen molar-refractivity contribution in [3.8, 4) is 0 Å². The Morgan fingerprint density at radius 2 is 1.61 bits per heavy atom. The molecule has 3 N–H and O–H groups in total. The molecular formula is C31H34N4O2S. The largest absolute Gasteiger partial charge is 0.326 e. The second kappa shape index (κ2) is 11.2. The summed E-state index contributed by atoms with van der Waals surface area (Å²) in [6.45, 7) is 0.811.